The molecule has 1 aromatic heterocycles. The van der Waals surface area contributed by atoms with Crippen molar-refractivity contribution in [3.63, 3.8) is 0 Å². The smallest absolute Gasteiger partial charge is 0.219 e. The number of aryl methyl sites for hydroxylation is 1. The number of aromatic amines is 1. The van der Waals surface area contributed by atoms with Gasteiger partial charge in [0.15, 0.2) is 17.7 Å². The monoisotopic (exact) mass is 327 g/mol. The fraction of sp³-hybridized carbons (Fsp3) is 0.316. The molecule has 1 N–H and O–H groups in total. The van der Waals surface area contributed by atoms with Crippen LogP contribution in [0.2, 0.25) is 0 Å². The first kappa shape index (κ1) is 17.7. The van der Waals surface area contributed by atoms with Gasteiger partial charge in [0.25, 0.3) is 0 Å². The van der Waals surface area contributed by atoms with Gasteiger partial charge in [-0.25, -0.2) is 0 Å². The Morgan fingerprint density at radius 2 is 1.58 bits per heavy atom. The van der Waals surface area contributed by atoms with Gasteiger partial charge in [0.2, 0.25) is 5.78 Å². The number of rotatable bonds is 6. The molecule has 1 aromatic carbocycles. The van der Waals surface area contributed by atoms with Gasteiger partial charge in [0.05, 0.1) is 5.69 Å². The number of carbonyl (C=O) groups is 3. The number of Topliss-reactive ketones (excluding diaryl/α,β-unsaturated/α-hetero) is 3. The number of benzene rings is 1. The first-order valence-electron chi connectivity index (χ1n) is 7.74. The third-order valence-electron chi connectivity index (χ3n) is 3.98. The Labute approximate surface area is 141 Å². The standard InChI is InChI=1S/C19H21NO4/c1-10-17(13(4)22)11(2)20-18(10)19(23)14(5)24-16-8-6-15(7-9-16)12(3)21/h6-9,14,20H,1-5H3/t14-/m1/s1. The molecule has 126 valence electrons. The summed E-state index contributed by atoms with van der Waals surface area (Å²) >= 11 is 0. The second-order valence-electron chi connectivity index (χ2n) is 5.89. The molecule has 5 nitrogen and oxygen atoms in total. The second kappa shape index (κ2) is 6.83. The molecule has 0 amide bonds. The van der Waals surface area contributed by atoms with Crippen molar-refractivity contribution >= 4 is 17.3 Å². The highest BCUT2D eigenvalue weighted by molar-refractivity contribution is 6.04. The first-order chi connectivity index (χ1) is 11.2. The Bertz CT molecular complexity index is 800. The van der Waals surface area contributed by atoms with Gasteiger partial charge < -0.3 is 9.72 Å². The van der Waals surface area contributed by atoms with Crippen LogP contribution in [-0.2, 0) is 0 Å². The van der Waals surface area contributed by atoms with Gasteiger partial charge in [-0.3, -0.25) is 14.4 Å². The number of hydrogen-bond donors (Lipinski definition) is 1. The van der Waals surface area contributed by atoms with E-state index in [1.54, 1.807) is 45.0 Å². The van der Waals surface area contributed by atoms with Crippen LogP contribution in [0, 0.1) is 13.8 Å². The summed E-state index contributed by atoms with van der Waals surface area (Å²) in [6.45, 7) is 8.15. The molecule has 0 aliphatic heterocycles. The molecule has 0 fully saturated rings. The van der Waals surface area contributed by atoms with Gasteiger partial charge in [-0.15, -0.1) is 0 Å². The zero-order valence-electron chi connectivity index (χ0n) is 14.5. The summed E-state index contributed by atoms with van der Waals surface area (Å²) in [5, 5.41) is 0. The number of carbonyl (C=O) groups excluding carboxylic acids is 3. The molecule has 5 heteroatoms. The third-order valence-corrected chi connectivity index (χ3v) is 3.98. The van der Waals surface area contributed by atoms with Crippen molar-refractivity contribution in [3.05, 3.63) is 52.3 Å². The minimum atomic E-state index is -0.718. The summed E-state index contributed by atoms with van der Waals surface area (Å²) in [6.07, 6.45) is -0.718. The van der Waals surface area contributed by atoms with Crippen LogP contribution in [0.15, 0.2) is 24.3 Å². The molecule has 0 radical (unpaired) electrons. The fourth-order valence-corrected chi connectivity index (χ4v) is 2.75. The summed E-state index contributed by atoms with van der Waals surface area (Å²) in [5.41, 5.74) is 2.86. The van der Waals surface area contributed by atoms with E-state index in [0.29, 0.717) is 33.8 Å². The molecule has 2 rings (SSSR count). The average Bonchev–Trinajstić information content (AvgIpc) is 2.81. The Hall–Kier alpha value is -2.69. The zero-order chi connectivity index (χ0) is 18.0. The van der Waals surface area contributed by atoms with Crippen LogP contribution < -0.4 is 4.74 Å². The van der Waals surface area contributed by atoms with Crippen LogP contribution in [0.1, 0.15) is 63.2 Å². The molecule has 2 aromatic rings. The van der Waals surface area contributed by atoms with Crippen LogP contribution in [0.3, 0.4) is 0 Å². The molecular formula is C19H21NO4. The van der Waals surface area contributed by atoms with Crippen molar-refractivity contribution in [1.29, 1.82) is 0 Å². The number of aromatic nitrogens is 1. The molecule has 1 atom stereocenters. The normalized spacial score (nSPS) is 11.9. The summed E-state index contributed by atoms with van der Waals surface area (Å²) in [6, 6.07) is 6.64. The number of H-pyrrole nitrogens is 1. The van der Waals surface area contributed by atoms with E-state index >= 15 is 0 Å². The first-order valence-corrected chi connectivity index (χ1v) is 7.74. The Kier molecular flexibility index (Phi) is 5.02. The minimum Gasteiger partial charge on any atom is -0.483 e. The van der Waals surface area contributed by atoms with Crippen LogP contribution >= 0.6 is 0 Å². The molecule has 24 heavy (non-hydrogen) atoms. The summed E-state index contributed by atoms with van der Waals surface area (Å²) in [4.78, 5) is 38.6. The number of hydrogen-bond acceptors (Lipinski definition) is 4. The fourth-order valence-electron chi connectivity index (χ4n) is 2.75. The third kappa shape index (κ3) is 3.45. The van der Waals surface area contributed by atoms with Gasteiger partial charge in [0.1, 0.15) is 5.75 Å². The van der Waals surface area contributed by atoms with Crippen LogP contribution in [0.4, 0.5) is 0 Å². The van der Waals surface area contributed by atoms with Gasteiger partial charge in [-0.1, -0.05) is 0 Å². The Balaban J connectivity index is 2.19. The van der Waals surface area contributed by atoms with Crippen molar-refractivity contribution in [1.82, 2.24) is 4.98 Å². The van der Waals surface area contributed by atoms with E-state index < -0.39 is 6.10 Å². The van der Waals surface area contributed by atoms with Crippen LogP contribution in [-0.4, -0.2) is 28.4 Å². The highest BCUT2D eigenvalue weighted by atomic mass is 16.5. The molecule has 0 spiro atoms. The van der Waals surface area contributed by atoms with E-state index in [1.807, 2.05) is 0 Å². The Morgan fingerprint density at radius 1 is 1.00 bits per heavy atom. The largest absolute Gasteiger partial charge is 0.483 e. The predicted octanol–water partition coefficient (Wildman–Crippen LogP) is 3.69. The average molecular weight is 327 g/mol. The lowest BCUT2D eigenvalue weighted by Crippen LogP contribution is -2.25. The van der Waals surface area contributed by atoms with Crippen molar-refractivity contribution in [2.75, 3.05) is 0 Å². The number of ketones is 3. The number of nitrogens with one attached hydrogen (secondary N) is 1. The lowest BCUT2D eigenvalue weighted by molar-refractivity contribution is 0.0812. The SMILES string of the molecule is CC(=O)c1ccc(O[C@H](C)C(=O)c2[nH]c(C)c(C(C)=O)c2C)cc1. The molecular weight excluding hydrogens is 306 g/mol. The van der Waals surface area contributed by atoms with Gasteiger partial charge in [0, 0.05) is 16.8 Å². The van der Waals surface area contributed by atoms with E-state index in [-0.39, 0.29) is 17.3 Å². The summed E-state index contributed by atoms with van der Waals surface area (Å²) < 4.78 is 5.66. The van der Waals surface area contributed by atoms with E-state index in [4.69, 9.17) is 4.74 Å². The molecule has 0 aliphatic rings. The molecule has 0 saturated heterocycles. The molecule has 1 heterocycles. The maximum absolute atomic E-state index is 12.6. The maximum Gasteiger partial charge on any atom is 0.219 e. The zero-order valence-corrected chi connectivity index (χ0v) is 14.5. The lowest BCUT2D eigenvalue weighted by Gasteiger charge is -2.14. The van der Waals surface area contributed by atoms with Gasteiger partial charge >= 0.3 is 0 Å². The van der Waals surface area contributed by atoms with Crippen molar-refractivity contribution in [2.45, 2.75) is 40.7 Å². The van der Waals surface area contributed by atoms with E-state index in [1.165, 1.54) is 13.8 Å². The minimum absolute atomic E-state index is 0.0278. The summed E-state index contributed by atoms with van der Waals surface area (Å²) in [7, 11) is 0. The van der Waals surface area contributed by atoms with E-state index in [9.17, 15) is 14.4 Å². The highest BCUT2D eigenvalue weighted by Gasteiger charge is 2.24. The van der Waals surface area contributed by atoms with Crippen LogP contribution in [0.25, 0.3) is 0 Å². The van der Waals surface area contributed by atoms with Crippen molar-refractivity contribution < 1.29 is 19.1 Å². The number of ether oxygens (including phenoxy) is 1. The Morgan fingerprint density at radius 3 is 2.04 bits per heavy atom. The lowest BCUT2D eigenvalue weighted by atomic mass is 10.0. The quantitative estimate of drug-likeness (QED) is 0.821. The van der Waals surface area contributed by atoms with Gasteiger partial charge in [-0.2, -0.15) is 0 Å². The molecule has 0 saturated carbocycles. The topological polar surface area (TPSA) is 76.2 Å². The molecule has 0 unspecified atom stereocenters. The maximum atomic E-state index is 12.6. The van der Waals surface area contributed by atoms with Crippen LogP contribution in [0.5, 0.6) is 5.75 Å². The molecule has 0 bridgehead atoms. The predicted molar refractivity (Wildman–Crippen MR) is 91.1 cm³/mol. The van der Waals surface area contributed by atoms with Crippen molar-refractivity contribution in [2.24, 2.45) is 0 Å². The highest BCUT2D eigenvalue weighted by Crippen LogP contribution is 2.21. The van der Waals surface area contributed by atoms with Gasteiger partial charge in [-0.05, 0) is 64.4 Å². The second-order valence-corrected chi connectivity index (χ2v) is 5.89. The van der Waals surface area contributed by atoms with E-state index in [2.05, 4.69) is 4.98 Å². The summed E-state index contributed by atoms with van der Waals surface area (Å²) in [5.74, 6) is 0.181. The van der Waals surface area contributed by atoms with Crippen molar-refractivity contribution in [3.8, 4) is 5.75 Å². The molecule has 0 aliphatic carbocycles. The van der Waals surface area contributed by atoms with E-state index in [0.717, 1.165) is 0 Å².